The number of carboxylic acid groups (broad SMARTS) is 1. The summed E-state index contributed by atoms with van der Waals surface area (Å²) in [6.07, 6.45) is 0. The van der Waals surface area contributed by atoms with Crippen LogP contribution in [0.4, 0.5) is 5.69 Å². The molecule has 11 heteroatoms. The van der Waals surface area contributed by atoms with Crippen molar-refractivity contribution in [3.8, 4) is 17.2 Å². The number of amides is 1. The van der Waals surface area contributed by atoms with Gasteiger partial charge in [-0.05, 0) is 29.8 Å². The summed E-state index contributed by atoms with van der Waals surface area (Å²) < 4.78 is 29.5. The lowest BCUT2D eigenvalue weighted by molar-refractivity contribution is 0.0698. The van der Waals surface area contributed by atoms with Gasteiger partial charge in [-0.2, -0.15) is 5.26 Å². The van der Waals surface area contributed by atoms with Crippen LogP contribution in [0.1, 0.15) is 26.4 Å². The number of anilines is 1. The van der Waals surface area contributed by atoms with E-state index in [2.05, 4.69) is 10.5 Å². The molecule has 0 saturated heterocycles. The molecule has 4 N–H and O–H groups in total. The first kappa shape index (κ1) is 21.7. The van der Waals surface area contributed by atoms with Crippen molar-refractivity contribution in [2.75, 3.05) is 5.32 Å². The second-order valence-electron chi connectivity index (χ2n) is 6.92. The molecule has 164 valence electrons. The number of benzene rings is 3. The van der Waals surface area contributed by atoms with E-state index in [4.69, 9.17) is 14.9 Å². The maximum atomic E-state index is 12.9. The second-order valence-corrected chi connectivity index (χ2v) is 8.45. The van der Waals surface area contributed by atoms with E-state index in [9.17, 15) is 23.1 Å². The number of sulfonamides is 1. The lowest BCUT2D eigenvalue weighted by atomic mass is 10.0. The summed E-state index contributed by atoms with van der Waals surface area (Å²) in [6.45, 7) is 0. The normalized spacial score (nSPS) is 11.2. The first-order valence-electron chi connectivity index (χ1n) is 9.29. The number of nitrogens with two attached hydrogens (primary N) is 1. The molecule has 0 unspecified atom stereocenters. The number of primary sulfonamides is 1. The van der Waals surface area contributed by atoms with Gasteiger partial charge >= 0.3 is 5.97 Å². The van der Waals surface area contributed by atoms with Crippen LogP contribution in [-0.2, 0) is 10.0 Å². The molecule has 33 heavy (non-hydrogen) atoms. The Hall–Kier alpha value is -4.53. The SMILES string of the molecule is N#Cc1ccc(NC(=O)c2noc3cc(S(N)(=O)=O)c(-c4ccccc4)cc23)c(C(=O)O)c1. The van der Waals surface area contributed by atoms with Crippen LogP contribution in [0.25, 0.3) is 22.1 Å². The highest BCUT2D eigenvalue weighted by molar-refractivity contribution is 7.89. The van der Waals surface area contributed by atoms with Crippen molar-refractivity contribution >= 4 is 38.6 Å². The molecular weight excluding hydrogens is 448 g/mol. The van der Waals surface area contributed by atoms with Crippen molar-refractivity contribution in [3.63, 3.8) is 0 Å². The molecule has 0 fully saturated rings. The van der Waals surface area contributed by atoms with Gasteiger partial charge in [0.15, 0.2) is 11.3 Å². The van der Waals surface area contributed by atoms with Crippen LogP contribution < -0.4 is 10.5 Å². The van der Waals surface area contributed by atoms with Crippen LogP contribution in [0.15, 0.2) is 70.1 Å². The van der Waals surface area contributed by atoms with Crippen LogP contribution in [0, 0.1) is 11.3 Å². The number of rotatable bonds is 5. The van der Waals surface area contributed by atoms with Gasteiger partial charge in [-0.3, -0.25) is 4.79 Å². The number of hydrogen-bond acceptors (Lipinski definition) is 7. The number of fused-ring (bicyclic) bond motifs is 1. The number of nitriles is 1. The van der Waals surface area contributed by atoms with E-state index in [-0.39, 0.29) is 43.9 Å². The van der Waals surface area contributed by atoms with E-state index >= 15 is 0 Å². The number of nitrogens with zero attached hydrogens (tertiary/aromatic N) is 2. The van der Waals surface area contributed by atoms with Gasteiger partial charge in [0, 0.05) is 11.6 Å². The Morgan fingerprint density at radius 1 is 1.09 bits per heavy atom. The molecule has 1 aromatic heterocycles. The number of aromatic carboxylic acids is 1. The molecule has 0 atom stereocenters. The van der Waals surface area contributed by atoms with Crippen molar-refractivity contribution < 1.29 is 27.6 Å². The predicted molar refractivity (Wildman–Crippen MR) is 117 cm³/mol. The highest BCUT2D eigenvalue weighted by Crippen LogP contribution is 2.33. The molecule has 0 aliphatic carbocycles. The van der Waals surface area contributed by atoms with E-state index in [0.29, 0.717) is 5.56 Å². The molecule has 1 heterocycles. The number of nitrogens with one attached hydrogen (secondary N) is 1. The lowest BCUT2D eigenvalue weighted by Gasteiger charge is -2.09. The summed E-state index contributed by atoms with van der Waals surface area (Å²) in [5, 5.41) is 30.1. The van der Waals surface area contributed by atoms with Crippen LogP contribution in [0.2, 0.25) is 0 Å². The van der Waals surface area contributed by atoms with Gasteiger partial charge in [-0.25, -0.2) is 18.4 Å². The van der Waals surface area contributed by atoms with Gasteiger partial charge in [0.1, 0.15) is 0 Å². The number of hydrogen-bond donors (Lipinski definition) is 3. The first-order valence-corrected chi connectivity index (χ1v) is 10.8. The minimum atomic E-state index is -4.13. The molecule has 10 nitrogen and oxygen atoms in total. The van der Waals surface area contributed by atoms with Crippen molar-refractivity contribution in [1.29, 1.82) is 5.26 Å². The van der Waals surface area contributed by atoms with E-state index in [1.165, 1.54) is 24.3 Å². The Morgan fingerprint density at radius 3 is 2.45 bits per heavy atom. The molecule has 0 bridgehead atoms. The van der Waals surface area contributed by atoms with Crippen molar-refractivity contribution in [2.45, 2.75) is 4.90 Å². The molecule has 0 aliphatic rings. The zero-order valence-electron chi connectivity index (χ0n) is 16.6. The first-order chi connectivity index (χ1) is 15.7. The number of carbonyl (C=O) groups is 2. The second kappa shape index (κ2) is 8.19. The van der Waals surface area contributed by atoms with Gasteiger partial charge in [-0.1, -0.05) is 35.5 Å². The summed E-state index contributed by atoms with van der Waals surface area (Å²) in [7, 11) is -4.13. The molecule has 0 spiro atoms. The average molecular weight is 462 g/mol. The highest BCUT2D eigenvalue weighted by Gasteiger charge is 2.24. The third kappa shape index (κ3) is 4.16. The summed E-state index contributed by atoms with van der Waals surface area (Å²) in [5.41, 5.74) is 0.374. The predicted octanol–water partition coefficient (Wildman–Crippen LogP) is 2.96. The zero-order valence-corrected chi connectivity index (χ0v) is 17.5. The quantitative estimate of drug-likeness (QED) is 0.405. The highest BCUT2D eigenvalue weighted by atomic mass is 32.2. The molecular formula is C22H14N4O6S. The number of aromatic nitrogens is 1. The van der Waals surface area contributed by atoms with Crippen LogP contribution >= 0.6 is 0 Å². The Labute approximate surface area is 186 Å². The maximum absolute atomic E-state index is 12.9. The van der Waals surface area contributed by atoms with Crippen LogP contribution in [-0.4, -0.2) is 30.6 Å². The summed E-state index contributed by atoms with van der Waals surface area (Å²) >= 11 is 0. The molecule has 4 rings (SSSR count). The Bertz CT molecular complexity index is 1570. The van der Waals surface area contributed by atoms with Gasteiger partial charge in [-0.15, -0.1) is 0 Å². The average Bonchev–Trinajstić information content (AvgIpc) is 3.21. The zero-order chi connectivity index (χ0) is 23.8. The van der Waals surface area contributed by atoms with Crippen LogP contribution in [0.5, 0.6) is 0 Å². The fourth-order valence-corrected chi connectivity index (χ4v) is 4.04. The monoisotopic (exact) mass is 462 g/mol. The third-order valence-electron chi connectivity index (χ3n) is 4.81. The fraction of sp³-hybridized carbons (Fsp3) is 0. The standard InChI is InChI=1S/C22H14N4O6S/c23-11-12-6-7-17(15(8-12)22(28)29)25-21(27)20-16-9-14(13-4-2-1-3-5-13)19(33(24,30)31)10-18(16)32-26-20/h1-10H,(H,25,27)(H,28,29)(H2,24,30,31). The van der Waals surface area contributed by atoms with Crippen molar-refractivity contribution in [3.05, 3.63) is 77.5 Å². The van der Waals surface area contributed by atoms with Crippen LogP contribution in [0.3, 0.4) is 0 Å². The van der Waals surface area contributed by atoms with Gasteiger partial charge in [0.25, 0.3) is 5.91 Å². The number of carboxylic acids is 1. The minimum Gasteiger partial charge on any atom is -0.478 e. The Kier molecular flexibility index (Phi) is 5.39. The Morgan fingerprint density at radius 2 is 1.82 bits per heavy atom. The molecule has 1 amide bonds. The maximum Gasteiger partial charge on any atom is 0.337 e. The van der Waals surface area contributed by atoms with Gasteiger partial charge in [0.2, 0.25) is 10.0 Å². The third-order valence-corrected chi connectivity index (χ3v) is 5.76. The number of carbonyl (C=O) groups excluding carboxylic acids is 1. The van der Waals surface area contributed by atoms with Crippen molar-refractivity contribution in [2.24, 2.45) is 5.14 Å². The Balaban J connectivity index is 1.83. The summed E-state index contributed by atoms with van der Waals surface area (Å²) in [4.78, 5) is 24.2. The molecule has 0 aliphatic heterocycles. The fourth-order valence-electron chi connectivity index (χ4n) is 3.29. The summed E-state index contributed by atoms with van der Waals surface area (Å²) in [5.74, 6) is -2.13. The molecule has 3 aromatic carbocycles. The molecule has 0 radical (unpaired) electrons. The smallest absolute Gasteiger partial charge is 0.337 e. The van der Waals surface area contributed by atoms with E-state index in [1.807, 2.05) is 6.07 Å². The van der Waals surface area contributed by atoms with Crippen molar-refractivity contribution in [1.82, 2.24) is 5.16 Å². The van der Waals surface area contributed by atoms with E-state index < -0.39 is 21.9 Å². The van der Waals surface area contributed by atoms with Gasteiger partial charge in [0.05, 0.1) is 33.2 Å². The lowest BCUT2D eigenvalue weighted by Crippen LogP contribution is -2.16. The topological polar surface area (TPSA) is 176 Å². The molecule has 4 aromatic rings. The minimum absolute atomic E-state index is 0.00198. The largest absolute Gasteiger partial charge is 0.478 e. The summed E-state index contributed by atoms with van der Waals surface area (Å²) in [6, 6.07) is 16.8. The van der Waals surface area contributed by atoms with Gasteiger partial charge < -0.3 is 14.9 Å². The molecule has 0 saturated carbocycles. The van der Waals surface area contributed by atoms with E-state index in [1.54, 1.807) is 30.3 Å². The van der Waals surface area contributed by atoms with E-state index in [0.717, 1.165) is 6.07 Å².